The maximum absolute atomic E-state index is 3.63. The lowest BCUT2D eigenvalue weighted by atomic mass is 9.96. The third-order valence-electron chi connectivity index (χ3n) is 2.94. The van der Waals surface area contributed by atoms with E-state index in [1.54, 1.807) is 0 Å². The molecule has 0 saturated carbocycles. The van der Waals surface area contributed by atoms with Crippen molar-refractivity contribution in [3.8, 4) is 0 Å². The van der Waals surface area contributed by atoms with E-state index in [-0.39, 0.29) is 0 Å². The summed E-state index contributed by atoms with van der Waals surface area (Å²) in [7, 11) is 0. The highest BCUT2D eigenvalue weighted by atomic mass is 127. The van der Waals surface area contributed by atoms with Gasteiger partial charge in [-0.15, -0.1) is 11.3 Å². The van der Waals surface area contributed by atoms with E-state index in [4.69, 9.17) is 0 Å². The van der Waals surface area contributed by atoms with Crippen LogP contribution in [0.4, 0.5) is 0 Å². The summed E-state index contributed by atoms with van der Waals surface area (Å²) in [6, 6.07) is 2.31. The quantitative estimate of drug-likeness (QED) is 0.523. The van der Waals surface area contributed by atoms with Crippen molar-refractivity contribution >= 4 is 49.9 Å². The van der Waals surface area contributed by atoms with Crippen molar-refractivity contribution < 1.29 is 0 Å². The second-order valence-corrected chi connectivity index (χ2v) is 8.19. The predicted molar refractivity (Wildman–Crippen MR) is 81.7 cm³/mol. The molecule has 0 aliphatic carbocycles. The van der Waals surface area contributed by atoms with Gasteiger partial charge in [0.05, 0.1) is 6.67 Å². The largest absolute Gasteiger partial charge is 0.122 e. The van der Waals surface area contributed by atoms with Crippen LogP contribution in [-0.2, 0) is 6.42 Å². The van der Waals surface area contributed by atoms with Gasteiger partial charge in [-0.05, 0) is 68.9 Å². The van der Waals surface area contributed by atoms with Crippen LogP contribution >= 0.6 is 49.9 Å². The van der Waals surface area contributed by atoms with Gasteiger partial charge in [0.25, 0.3) is 0 Å². The summed E-state index contributed by atoms with van der Waals surface area (Å²) in [5.41, 5.74) is 1.50. The van der Waals surface area contributed by atoms with Crippen LogP contribution in [0.15, 0.2) is 9.85 Å². The minimum atomic E-state index is 0.932. The zero-order chi connectivity index (χ0) is 11.3. The minimum absolute atomic E-state index is 0.932. The zero-order valence-electron chi connectivity index (χ0n) is 9.35. The second kappa shape index (κ2) is 7.28. The molecule has 1 aromatic rings. The Labute approximate surface area is 119 Å². The first-order chi connectivity index (χ1) is 7.17. The van der Waals surface area contributed by atoms with E-state index in [1.807, 2.05) is 11.3 Å². The molecule has 86 valence electrons. The molecular weight excluding hydrogens is 383 g/mol. The summed E-state index contributed by atoms with van der Waals surface area (Å²) in [4.78, 5) is 0. The maximum Gasteiger partial charge on any atom is 0.0741 e. The smallest absolute Gasteiger partial charge is 0.0741 e. The average Bonchev–Trinajstić information content (AvgIpc) is 2.52. The van der Waals surface area contributed by atoms with Gasteiger partial charge in [0.15, 0.2) is 0 Å². The van der Waals surface area contributed by atoms with E-state index < -0.39 is 0 Å². The molecule has 0 aliphatic rings. The highest BCUT2D eigenvalue weighted by Gasteiger charge is 2.07. The third-order valence-corrected chi connectivity index (χ3v) is 5.66. The number of halogens is 2. The van der Waals surface area contributed by atoms with Gasteiger partial charge in [-0.25, -0.2) is 0 Å². The Morgan fingerprint density at radius 1 is 1.40 bits per heavy atom. The molecule has 15 heavy (non-hydrogen) atoms. The fraction of sp³-hybridized carbons (Fsp3) is 0.667. The lowest BCUT2D eigenvalue weighted by molar-refractivity contribution is 0.441. The lowest BCUT2D eigenvalue weighted by Gasteiger charge is -2.11. The second-order valence-electron chi connectivity index (χ2n) is 3.92. The Balaban J connectivity index is 2.34. The van der Waals surface area contributed by atoms with E-state index in [2.05, 4.69) is 58.4 Å². The molecule has 0 atom stereocenters. The molecule has 0 aliphatic heterocycles. The summed E-state index contributed by atoms with van der Waals surface area (Å²) >= 11 is 7.87. The van der Waals surface area contributed by atoms with Gasteiger partial charge in [0.1, 0.15) is 0 Å². The van der Waals surface area contributed by atoms with E-state index in [0.717, 1.165) is 5.92 Å². The summed E-state index contributed by atoms with van der Waals surface area (Å²) in [5, 5.41) is 0. The van der Waals surface area contributed by atoms with E-state index >= 15 is 0 Å². The first-order valence-electron chi connectivity index (χ1n) is 5.61. The van der Waals surface area contributed by atoms with Crippen molar-refractivity contribution in [1.29, 1.82) is 0 Å². The normalized spacial score (nSPS) is 11.3. The highest BCUT2D eigenvalue weighted by Crippen LogP contribution is 2.30. The molecule has 0 nitrogen and oxygen atoms in total. The van der Waals surface area contributed by atoms with Crippen molar-refractivity contribution in [2.24, 2.45) is 5.92 Å². The molecule has 0 N–H and O–H groups in total. The van der Waals surface area contributed by atoms with Crippen LogP contribution in [0, 0.1) is 8.80 Å². The van der Waals surface area contributed by atoms with Crippen LogP contribution in [0.25, 0.3) is 0 Å². The lowest BCUT2D eigenvalue weighted by Crippen LogP contribution is -1.97. The van der Waals surface area contributed by atoms with Gasteiger partial charge >= 0.3 is 0 Å². The van der Waals surface area contributed by atoms with Gasteiger partial charge < -0.3 is 0 Å². The van der Waals surface area contributed by atoms with E-state index in [9.17, 15) is 0 Å². The summed E-state index contributed by atoms with van der Waals surface area (Å²) in [6.07, 6.45) is 6.61. The number of rotatable bonds is 6. The van der Waals surface area contributed by atoms with Crippen LogP contribution in [0.1, 0.15) is 45.1 Å². The van der Waals surface area contributed by atoms with E-state index in [1.165, 1.54) is 44.3 Å². The van der Waals surface area contributed by atoms with Gasteiger partial charge in [-0.3, -0.25) is 0 Å². The Bertz CT molecular complexity index is 292. The van der Waals surface area contributed by atoms with Crippen LogP contribution in [0.2, 0.25) is 0 Å². The van der Waals surface area contributed by atoms with Gasteiger partial charge in [0.2, 0.25) is 0 Å². The fourth-order valence-electron chi connectivity index (χ4n) is 1.82. The molecule has 0 spiro atoms. The number of aryl methyl sites for hydroxylation is 1. The first kappa shape index (κ1) is 14.0. The highest BCUT2D eigenvalue weighted by molar-refractivity contribution is 14.1. The molecule has 0 aromatic carbocycles. The topological polar surface area (TPSA) is 0 Å². The molecule has 3 heteroatoms. The average molecular weight is 401 g/mol. The molecule has 0 radical (unpaired) electrons. The molecule has 0 saturated heterocycles. The Hall–Kier alpha value is 0.910. The molecule has 0 unspecified atom stereocenters. The van der Waals surface area contributed by atoms with Crippen molar-refractivity contribution in [3.63, 3.8) is 0 Å². The SMILES string of the molecule is CCC(CC)CCCc1cc(I)sc1Br. The molecule has 0 bridgehead atoms. The molecule has 1 aromatic heterocycles. The predicted octanol–water partition coefficient (Wildman–Crippen LogP) is 5.87. The van der Waals surface area contributed by atoms with Crippen LogP contribution in [-0.4, -0.2) is 0 Å². The summed E-state index contributed by atoms with van der Waals surface area (Å²) < 4.78 is 2.72. The van der Waals surface area contributed by atoms with Gasteiger partial charge in [-0.2, -0.15) is 0 Å². The molecule has 0 amide bonds. The number of thiophene rings is 1. The van der Waals surface area contributed by atoms with Gasteiger partial charge in [-0.1, -0.05) is 33.1 Å². The number of hydrogen-bond donors (Lipinski definition) is 0. The monoisotopic (exact) mass is 400 g/mol. The van der Waals surface area contributed by atoms with Crippen molar-refractivity contribution in [2.45, 2.75) is 46.0 Å². The van der Waals surface area contributed by atoms with Crippen molar-refractivity contribution in [3.05, 3.63) is 18.3 Å². The van der Waals surface area contributed by atoms with Crippen LogP contribution in [0.3, 0.4) is 0 Å². The molecule has 1 heterocycles. The van der Waals surface area contributed by atoms with Gasteiger partial charge in [0, 0.05) is 0 Å². The standard InChI is InChI=1S/C12H18BrIS/c1-3-9(4-2)6-5-7-10-8-11(14)15-12(10)13/h8-9H,3-7H2,1-2H3. The summed E-state index contributed by atoms with van der Waals surface area (Å²) in [5.74, 6) is 0.932. The Kier molecular flexibility index (Phi) is 6.78. The molecular formula is C12H18BrIS. The zero-order valence-corrected chi connectivity index (χ0v) is 13.9. The minimum Gasteiger partial charge on any atom is -0.122 e. The first-order valence-corrected chi connectivity index (χ1v) is 8.29. The Morgan fingerprint density at radius 2 is 2.07 bits per heavy atom. The summed E-state index contributed by atoms with van der Waals surface area (Å²) in [6.45, 7) is 4.61. The number of hydrogen-bond acceptors (Lipinski definition) is 1. The van der Waals surface area contributed by atoms with E-state index in [0.29, 0.717) is 0 Å². The fourth-order valence-corrected chi connectivity index (χ4v) is 5.27. The van der Waals surface area contributed by atoms with Crippen molar-refractivity contribution in [1.82, 2.24) is 0 Å². The maximum atomic E-state index is 3.63. The molecule has 1 rings (SSSR count). The van der Waals surface area contributed by atoms with Crippen LogP contribution in [0.5, 0.6) is 0 Å². The van der Waals surface area contributed by atoms with Crippen LogP contribution < -0.4 is 0 Å². The van der Waals surface area contributed by atoms with Crippen molar-refractivity contribution in [2.75, 3.05) is 0 Å². The molecule has 0 fully saturated rings. The third kappa shape index (κ3) is 4.73. The Morgan fingerprint density at radius 3 is 2.53 bits per heavy atom.